The van der Waals surface area contributed by atoms with Crippen LogP contribution in [0.25, 0.3) is 44.5 Å². The Morgan fingerprint density at radius 3 is 1.81 bits per heavy atom. The zero-order valence-corrected chi connectivity index (χ0v) is 43.3. The predicted octanol–water partition coefficient (Wildman–Crippen LogP) is 16.7. The Morgan fingerprint density at radius 2 is 1.10 bits per heavy atom. The molecule has 9 aromatic rings. The SMILES string of the molecule is CCCCc1ccc(N2B3c4cccc5c4N(c4ccccc4C54c5ccccc5-c5ccccc54)c4cc(-c5ccccc5)cc(c43)-c3c2ccc2c3-c3cc4c(cc3C2(C)C)C(C)(C)CCC4(C)C)cc1. The molecule has 0 fully saturated rings. The van der Waals surface area contributed by atoms with Gasteiger partial charge in [0.25, 0.3) is 0 Å². The highest BCUT2D eigenvalue weighted by Gasteiger charge is 2.56. The van der Waals surface area contributed by atoms with Crippen LogP contribution in [0.15, 0.2) is 182 Å². The Balaban J connectivity index is 1.09. The van der Waals surface area contributed by atoms with E-state index in [9.17, 15) is 0 Å². The molecule has 0 saturated heterocycles. The number of unbranched alkanes of at least 4 members (excludes halogenated alkanes) is 1. The van der Waals surface area contributed by atoms with Crippen molar-refractivity contribution < 1.29 is 0 Å². The van der Waals surface area contributed by atoms with Gasteiger partial charge < -0.3 is 9.71 Å². The van der Waals surface area contributed by atoms with Crippen LogP contribution in [0.3, 0.4) is 0 Å². The van der Waals surface area contributed by atoms with Crippen LogP contribution in [0, 0.1) is 0 Å². The predicted molar refractivity (Wildman–Crippen MR) is 308 cm³/mol. The molecule has 3 heterocycles. The van der Waals surface area contributed by atoms with Crippen molar-refractivity contribution in [1.82, 2.24) is 0 Å². The smallest absolute Gasteiger partial charge is 0.333 e. The Bertz CT molecular complexity index is 3790. The summed E-state index contributed by atoms with van der Waals surface area (Å²) in [5.74, 6) is 0. The summed E-state index contributed by atoms with van der Waals surface area (Å²) >= 11 is 0. The summed E-state index contributed by atoms with van der Waals surface area (Å²) in [6.45, 7) is 17.1. The third-order valence-electron chi connectivity index (χ3n) is 18.9. The van der Waals surface area contributed by atoms with Crippen molar-refractivity contribution in [2.45, 2.75) is 102 Å². The summed E-state index contributed by atoms with van der Waals surface area (Å²) in [5.41, 5.74) is 31.9. The number of aryl methyl sites for hydroxylation is 1. The lowest BCUT2D eigenvalue weighted by Gasteiger charge is -2.51. The van der Waals surface area contributed by atoms with Crippen LogP contribution in [0.5, 0.6) is 0 Å². The van der Waals surface area contributed by atoms with E-state index in [0.29, 0.717) is 0 Å². The van der Waals surface area contributed by atoms with Crippen molar-refractivity contribution in [3.63, 3.8) is 0 Å². The maximum absolute atomic E-state index is 2.76. The van der Waals surface area contributed by atoms with E-state index in [0.717, 1.165) is 6.42 Å². The van der Waals surface area contributed by atoms with E-state index in [4.69, 9.17) is 0 Å². The van der Waals surface area contributed by atoms with Gasteiger partial charge >= 0.3 is 6.85 Å². The molecule has 3 aliphatic carbocycles. The lowest BCUT2D eigenvalue weighted by atomic mass is 9.42. The van der Waals surface area contributed by atoms with Crippen LogP contribution in [0.2, 0.25) is 0 Å². The van der Waals surface area contributed by atoms with E-state index in [1.807, 2.05) is 0 Å². The minimum Gasteiger partial charge on any atom is -0.376 e. The average Bonchev–Trinajstić information content (AvgIpc) is 3.83. The Labute approximate surface area is 432 Å². The molecule has 0 unspecified atom stereocenters. The summed E-state index contributed by atoms with van der Waals surface area (Å²) < 4.78 is 0. The highest BCUT2D eigenvalue weighted by Crippen LogP contribution is 2.65. The normalized spacial score (nSPS) is 17.4. The molecule has 2 nitrogen and oxygen atoms in total. The second-order valence-electron chi connectivity index (χ2n) is 24.0. The molecule has 0 amide bonds. The maximum Gasteiger partial charge on any atom is 0.333 e. The summed E-state index contributed by atoms with van der Waals surface area (Å²) in [6, 6.07) is 71.5. The molecule has 1 spiro atoms. The number of fused-ring (bicyclic) bond motifs is 18. The van der Waals surface area contributed by atoms with Gasteiger partial charge in [0, 0.05) is 33.7 Å². The van der Waals surface area contributed by atoms with Gasteiger partial charge in [0.2, 0.25) is 0 Å². The van der Waals surface area contributed by atoms with E-state index in [1.165, 1.54) is 160 Å². The van der Waals surface area contributed by atoms with Crippen molar-refractivity contribution in [3.05, 3.63) is 232 Å². The Morgan fingerprint density at radius 1 is 0.452 bits per heavy atom. The standard InChI is InChI=1S/C70H61BN2/c1-8-9-20-43-31-33-46(34-32-43)73-61-36-35-54-63(49-41-57-58(42-56(49)69(54,6)7)68(4,5)38-37-67(57,2)3)64(61)50-39-45(44-21-11-10-12-22-44)40-62-65(50)71(73)59-29-19-28-55-66(59)72(62)60-30-18-17-27-53(60)70(55)51-25-15-13-23-47(51)48-24-14-16-26-52(48)70/h10-19,21-36,39-42H,8-9,20,37-38H2,1-7H3. The molecule has 0 N–H and O–H groups in total. The van der Waals surface area contributed by atoms with Crippen LogP contribution in [0.4, 0.5) is 28.4 Å². The van der Waals surface area contributed by atoms with Crippen LogP contribution < -0.4 is 20.6 Å². The van der Waals surface area contributed by atoms with Gasteiger partial charge in [-0.3, -0.25) is 0 Å². The molecule has 3 aliphatic heterocycles. The third kappa shape index (κ3) is 5.56. The van der Waals surface area contributed by atoms with Gasteiger partial charge in [-0.05, 0) is 179 Å². The molecule has 354 valence electrons. The molecule has 0 saturated carbocycles. The molecule has 0 radical (unpaired) electrons. The average molecular weight is 941 g/mol. The highest BCUT2D eigenvalue weighted by molar-refractivity contribution is 6.93. The molecule has 15 rings (SSSR count). The van der Waals surface area contributed by atoms with Gasteiger partial charge in [-0.15, -0.1) is 0 Å². The maximum atomic E-state index is 2.76. The first-order chi connectivity index (χ1) is 35.4. The monoisotopic (exact) mass is 940 g/mol. The second kappa shape index (κ2) is 14.9. The number of para-hydroxylation sites is 2. The zero-order chi connectivity index (χ0) is 49.3. The minimum atomic E-state index is -0.515. The molecule has 6 aliphatic rings. The lowest BCUT2D eigenvalue weighted by Crippen LogP contribution is -2.62. The van der Waals surface area contributed by atoms with Crippen LogP contribution in [0.1, 0.15) is 124 Å². The number of nitrogens with zero attached hydrogens (tertiary/aromatic N) is 2. The molecule has 73 heavy (non-hydrogen) atoms. The van der Waals surface area contributed by atoms with Crippen LogP contribution in [-0.4, -0.2) is 6.85 Å². The van der Waals surface area contributed by atoms with Gasteiger partial charge in [0.05, 0.1) is 11.1 Å². The summed E-state index contributed by atoms with van der Waals surface area (Å²) in [4.78, 5) is 5.47. The van der Waals surface area contributed by atoms with Gasteiger partial charge in [-0.25, -0.2) is 0 Å². The largest absolute Gasteiger partial charge is 0.376 e. The quantitative estimate of drug-likeness (QED) is 0.159. The van der Waals surface area contributed by atoms with Crippen molar-refractivity contribution >= 4 is 46.2 Å². The van der Waals surface area contributed by atoms with Crippen molar-refractivity contribution in [2.24, 2.45) is 0 Å². The number of benzene rings is 9. The zero-order valence-electron chi connectivity index (χ0n) is 43.3. The minimum absolute atomic E-state index is 0.0748. The summed E-state index contributed by atoms with van der Waals surface area (Å²) in [7, 11) is 0. The van der Waals surface area contributed by atoms with E-state index in [-0.39, 0.29) is 23.1 Å². The number of rotatable bonds is 5. The van der Waals surface area contributed by atoms with Crippen LogP contribution in [-0.2, 0) is 28.1 Å². The van der Waals surface area contributed by atoms with Crippen molar-refractivity contribution in [1.29, 1.82) is 0 Å². The van der Waals surface area contributed by atoms with Gasteiger partial charge in [-0.1, -0.05) is 194 Å². The summed E-state index contributed by atoms with van der Waals surface area (Å²) in [5, 5.41) is 0. The fourth-order valence-corrected chi connectivity index (χ4v) is 15.2. The van der Waals surface area contributed by atoms with E-state index >= 15 is 0 Å². The second-order valence-corrected chi connectivity index (χ2v) is 24.0. The first-order valence-corrected chi connectivity index (χ1v) is 27.1. The fourth-order valence-electron chi connectivity index (χ4n) is 15.2. The van der Waals surface area contributed by atoms with Gasteiger partial charge in [0.1, 0.15) is 0 Å². The van der Waals surface area contributed by atoms with Gasteiger partial charge in [-0.2, -0.15) is 0 Å². The van der Waals surface area contributed by atoms with Crippen molar-refractivity contribution in [3.8, 4) is 44.5 Å². The topological polar surface area (TPSA) is 6.48 Å². The third-order valence-corrected chi connectivity index (χ3v) is 18.9. The Hall–Kier alpha value is -7.36. The number of hydrogen-bond donors (Lipinski definition) is 0. The molecular weight excluding hydrogens is 880 g/mol. The molecule has 0 aromatic heterocycles. The molecule has 0 bridgehead atoms. The molecule has 9 aromatic carbocycles. The first kappa shape index (κ1) is 43.2. The van der Waals surface area contributed by atoms with E-state index in [1.54, 1.807) is 0 Å². The van der Waals surface area contributed by atoms with Crippen molar-refractivity contribution in [2.75, 3.05) is 9.71 Å². The molecule has 3 heteroatoms. The summed E-state index contributed by atoms with van der Waals surface area (Å²) in [6.07, 6.45) is 5.85. The first-order valence-electron chi connectivity index (χ1n) is 27.1. The van der Waals surface area contributed by atoms with E-state index < -0.39 is 5.41 Å². The fraction of sp³-hybridized carbons (Fsp3) is 0.229. The molecule has 0 atom stereocenters. The lowest BCUT2D eigenvalue weighted by molar-refractivity contribution is 0.331. The number of anilines is 5. The highest BCUT2D eigenvalue weighted by atomic mass is 15.2. The number of hydrogen-bond acceptors (Lipinski definition) is 2. The van der Waals surface area contributed by atoms with Crippen LogP contribution >= 0.6 is 0 Å². The Kier molecular flexibility index (Phi) is 8.82. The van der Waals surface area contributed by atoms with Gasteiger partial charge in [0.15, 0.2) is 0 Å². The van der Waals surface area contributed by atoms with E-state index in [2.05, 4.69) is 240 Å². The molecular formula is C70H61BN2.